The first-order chi connectivity index (χ1) is 9.06. The van der Waals surface area contributed by atoms with Crippen LogP contribution in [0.15, 0.2) is 18.3 Å². The summed E-state index contributed by atoms with van der Waals surface area (Å²) in [4.78, 5) is 28.2. The highest BCUT2D eigenvalue weighted by atomic mass is 32.2. The maximum absolute atomic E-state index is 13.5. The Morgan fingerprint density at radius 2 is 2.37 bits per heavy atom. The second-order valence-electron chi connectivity index (χ2n) is 4.10. The first-order valence-electron chi connectivity index (χ1n) is 5.83. The molecule has 2 unspecified atom stereocenters. The fourth-order valence-electron chi connectivity index (χ4n) is 2.03. The molecular weight excluding hydrogens is 271 g/mol. The first kappa shape index (κ1) is 13.8. The summed E-state index contributed by atoms with van der Waals surface area (Å²) >= 11 is 1.40. The highest BCUT2D eigenvalue weighted by molar-refractivity contribution is 8.00. The van der Waals surface area contributed by atoms with Gasteiger partial charge in [0.1, 0.15) is 6.04 Å². The zero-order valence-electron chi connectivity index (χ0n) is 10.2. The number of carboxylic acid groups (broad SMARTS) is 1. The summed E-state index contributed by atoms with van der Waals surface area (Å²) in [6, 6.07) is 1.86. The Labute approximate surface area is 113 Å². The molecule has 19 heavy (non-hydrogen) atoms. The molecule has 0 saturated carbocycles. The molecule has 0 aliphatic carbocycles. The minimum absolute atomic E-state index is 0.185. The number of pyridine rings is 1. The van der Waals surface area contributed by atoms with E-state index in [-0.39, 0.29) is 10.9 Å². The number of rotatable bonds is 3. The van der Waals surface area contributed by atoms with E-state index in [0.29, 0.717) is 12.2 Å². The number of amides is 1. The fraction of sp³-hybridized carbons (Fsp3) is 0.417. The summed E-state index contributed by atoms with van der Waals surface area (Å²) in [5.41, 5.74) is -0.185. The molecule has 1 fully saturated rings. The van der Waals surface area contributed by atoms with Gasteiger partial charge in [-0.1, -0.05) is 6.92 Å². The number of carbonyl (C=O) groups is 2. The van der Waals surface area contributed by atoms with E-state index < -0.39 is 23.9 Å². The van der Waals surface area contributed by atoms with Crippen molar-refractivity contribution in [1.82, 2.24) is 9.88 Å². The molecular formula is C12H13FN2O3S. The van der Waals surface area contributed by atoms with Crippen LogP contribution in [0.25, 0.3) is 0 Å². The predicted octanol–water partition coefficient (Wildman–Crippen LogP) is 1.60. The lowest BCUT2D eigenvalue weighted by molar-refractivity contribution is -0.141. The van der Waals surface area contributed by atoms with E-state index in [2.05, 4.69) is 4.98 Å². The molecule has 2 atom stereocenters. The number of halogens is 1. The first-order valence-corrected chi connectivity index (χ1v) is 6.88. The van der Waals surface area contributed by atoms with Crippen molar-refractivity contribution in [2.45, 2.75) is 24.8 Å². The van der Waals surface area contributed by atoms with Gasteiger partial charge in [0.15, 0.2) is 0 Å². The van der Waals surface area contributed by atoms with Crippen LogP contribution >= 0.6 is 11.8 Å². The van der Waals surface area contributed by atoms with E-state index in [9.17, 15) is 14.0 Å². The summed E-state index contributed by atoms with van der Waals surface area (Å²) in [6.45, 7) is 1.86. The van der Waals surface area contributed by atoms with Gasteiger partial charge in [-0.25, -0.2) is 9.78 Å². The minimum atomic E-state index is -1.07. The van der Waals surface area contributed by atoms with Crippen molar-refractivity contribution in [3.05, 3.63) is 29.8 Å². The third-order valence-corrected chi connectivity index (χ3v) is 4.40. The quantitative estimate of drug-likeness (QED) is 0.854. The Balaban J connectivity index is 2.34. The highest BCUT2D eigenvalue weighted by Gasteiger charge is 2.41. The fourth-order valence-corrected chi connectivity index (χ4v) is 3.37. The number of carboxylic acids is 1. The molecule has 0 spiro atoms. The van der Waals surface area contributed by atoms with Crippen LogP contribution < -0.4 is 0 Å². The largest absolute Gasteiger partial charge is 0.480 e. The van der Waals surface area contributed by atoms with Crippen LogP contribution in [0.2, 0.25) is 0 Å². The van der Waals surface area contributed by atoms with Gasteiger partial charge >= 0.3 is 5.97 Å². The molecule has 102 valence electrons. The molecule has 5 nitrogen and oxygen atoms in total. The van der Waals surface area contributed by atoms with Crippen LogP contribution in [0.3, 0.4) is 0 Å². The Bertz CT molecular complexity index is 512. The average molecular weight is 284 g/mol. The Morgan fingerprint density at radius 1 is 1.63 bits per heavy atom. The third kappa shape index (κ3) is 2.56. The molecule has 1 aromatic heterocycles. The van der Waals surface area contributed by atoms with E-state index in [4.69, 9.17) is 5.11 Å². The lowest BCUT2D eigenvalue weighted by atomic mass is 10.2. The second-order valence-corrected chi connectivity index (χ2v) is 5.32. The molecule has 1 N–H and O–H groups in total. The number of aromatic nitrogens is 1. The van der Waals surface area contributed by atoms with Gasteiger partial charge < -0.3 is 10.0 Å². The summed E-state index contributed by atoms with van der Waals surface area (Å²) in [5.74, 6) is -2.24. The molecule has 1 amide bonds. The zero-order chi connectivity index (χ0) is 14.0. The standard InChI is InChI=1S/C12H13FN2O3S/c1-2-9-15(8(6-19-9)12(17)18)11(16)7-4-3-5-14-10(7)13/h3-5,8-9H,2,6H2,1H3,(H,17,18). The van der Waals surface area contributed by atoms with Crippen LogP contribution in [0.1, 0.15) is 23.7 Å². The number of thioether (sulfide) groups is 1. The van der Waals surface area contributed by atoms with E-state index in [1.807, 2.05) is 6.92 Å². The minimum Gasteiger partial charge on any atom is -0.480 e. The number of aliphatic carboxylic acids is 1. The highest BCUT2D eigenvalue weighted by Crippen LogP contribution is 2.32. The maximum atomic E-state index is 13.5. The Kier molecular flexibility index (Phi) is 4.04. The lowest BCUT2D eigenvalue weighted by Crippen LogP contribution is -2.45. The summed E-state index contributed by atoms with van der Waals surface area (Å²) in [5, 5.41) is 8.90. The maximum Gasteiger partial charge on any atom is 0.327 e. The molecule has 7 heteroatoms. The van der Waals surface area contributed by atoms with Crippen molar-refractivity contribution < 1.29 is 19.1 Å². The van der Waals surface area contributed by atoms with Crippen molar-refractivity contribution in [1.29, 1.82) is 0 Å². The van der Waals surface area contributed by atoms with Crippen molar-refractivity contribution in [2.24, 2.45) is 0 Å². The van der Waals surface area contributed by atoms with E-state index >= 15 is 0 Å². The smallest absolute Gasteiger partial charge is 0.327 e. The van der Waals surface area contributed by atoms with E-state index in [1.165, 1.54) is 35.0 Å². The van der Waals surface area contributed by atoms with Crippen LogP contribution in [0.5, 0.6) is 0 Å². The number of nitrogens with zero attached hydrogens (tertiary/aromatic N) is 2. The van der Waals surface area contributed by atoms with Crippen LogP contribution in [0.4, 0.5) is 4.39 Å². The van der Waals surface area contributed by atoms with E-state index in [1.54, 1.807) is 0 Å². The third-order valence-electron chi connectivity index (χ3n) is 2.95. The number of hydrogen-bond acceptors (Lipinski definition) is 4. The summed E-state index contributed by atoms with van der Waals surface area (Å²) in [7, 11) is 0. The normalized spacial score (nSPS) is 22.5. The average Bonchev–Trinajstić information content (AvgIpc) is 2.82. The van der Waals surface area contributed by atoms with Gasteiger partial charge in [0, 0.05) is 11.9 Å². The van der Waals surface area contributed by atoms with Gasteiger partial charge in [-0.15, -0.1) is 11.8 Å². The predicted molar refractivity (Wildman–Crippen MR) is 68.3 cm³/mol. The Morgan fingerprint density at radius 3 is 2.95 bits per heavy atom. The second kappa shape index (κ2) is 5.56. The molecule has 1 aromatic rings. The van der Waals surface area contributed by atoms with Gasteiger partial charge in [-0.05, 0) is 18.6 Å². The van der Waals surface area contributed by atoms with Crippen LogP contribution in [-0.2, 0) is 4.79 Å². The molecule has 1 saturated heterocycles. The molecule has 0 bridgehead atoms. The van der Waals surface area contributed by atoms with Crippen molar-refractivity contribution in [3.8, 4) is 0 Å². The molecule has 0 aromatic carbocycles. The van der Waals surface area contributed by atoms with Gasteiger partial charge in [0.25, 0.3) is 5.91 Å². The van der Waals surface area contributed by atoms with Crippen molar-refractivity contribution >= 4 is 23.6 Å². The topological polar surface area (TPSA) is 70.5 Å². The van der Waals surface area contributed by atoms with Gasteiger partial charge in [0.2, 0.25) is 5.95 Å². The van der Waals surface area contributed by atoms with Gasteiger partial charge in [0.05, 0.1) is 10.9 Å². The number of carbonyl (C=O) groups excluding carboxylic acids is 1. The summed E-state index contributed by atoms with van der Waals surface area (Å²) in [6.07, 6.45) is 1.86. The van der Waals surface area contributed by atoms with Gasteiger partial charge in [-0.3, -0.25) is 4.79 Å². The van der Waals surface area contributed by atoms with Crippen molar-refractivity contribution in [3.63, 3.8) is 0 Å². The summed E-state index contributed by atoms with van der Waals surface area (Å²) < 4.78 is 13.5. The van der Waals surface area contributed by atoms with Crippen LogP contribution in [-0.4, -0.2) is 44.0 Å². The SMILES string of the molecule is CCC1SCC(C(=O)O)N1C(=O)c1cccnc1F. The van der Waals surface area contributed by atoms with Crippen molar-refractivity contribution in [2.75, 3.05) is 5.75 Å². The van der Waals surface area contributed by atoms with E-state index in [0.717, 1.165) is 0 Å². The molecule has 1 aliphatic heterocycles. The molecule has 0 radical (unpaired) electrons. The molecule has 2 heterocycles. The van der Waals surface area contributed by atoms with Crippen LogP contribution in [0, 0.1) is 5.95 Å². The molecule has 2 rings (SSSR count). The molecule has 1 aliphatic rings. The monoisotopic (exact) mass is 284 g/mol. The Hall–Kier alpha value is -1.63. The number of hydrogen-bond donors (Lipinski definition) is 1. The van der Waals surface area contributed by atoms with Gasteiger partial charge in [-0.2, -0.15) is 4.39 Å². The zero-order valence-corrected chi connectivity index (χ0v) is 11.1. The lowest BCUT2D eigenvalue weighted by Gasteiger charge is -2.26.